The van der Waals surface area contributed by atoms with Gasteiger partial charge in [-0.15, -0.1) is 0 Å². The van der Waals surface area contributed by atoms with Crippen LogP contribution in [-0.4, -0.2) is 42.2 Å². The van der Waals surface area contributed by atoms with Crippen molar-refractivity contribution >= 4 is 0 Å². The van der Waals surface area contributed by atoms with Gasteiger partial charge in [0.05, 0.1) is 12.1 Å². The lowest BCUT2D eigenvalue weighted by atomic mass is 9.79. The Morgan fingerprint density at radius 2 is 1.93 bits per heavy atom. The highest BCUT2D eigenvalue weighted by Crippen LogP contribution is 2.32. The van der Waals surface area contributed by atoms with Crippen molar-refractivity contribution < 1.29 is 13.9 Å². The molecule has 0 amide bonds. The fraction of sp³-hybridized carbons (Fsp3) is 1.00. The summed E-state index contributed by atoms with van der Waals surface area (Å²) in [6.45, 7) is 2.28. The van der Waals surface area contributed by atoms with Gasteiger partial charge in [-0.05, 0) is 38.6 Å². The van der Waals surface area contributed by atoms with Crippen molar-refractivity contribution in [3.63, 3.8) is 0 Å². The second-order valence-electron chi connectivity index (χ2n) is 4.99. The molecule has 0 bridgehead atoms. The van der Waals surface area contributed by atoms with Crippen LogP contribution < -0.4 is 0 Å². The standard InChI is InChI=1S/C11H21F2NO/c1-9-3-5-11(15,6-4-9)8-14(2)7-10(12)13/h9-10,15H,3-8H2,1-2H3. The first-order chi connectivity index (χ1) is 6.91. The number of hydrogen-bond acceptors (Lipinski definition) is 2. The van der Waals surface area contributed by atoms with E-state index in [-0.39, 0.29) is 6.54 Å². The lowest BCUT2D eigenvalue weighted by Crippen LogP contribution is -2.45. The zero-order valence-electron chi connectivity index (χ0n) is 9.55. The van der Waals surface area contributed by atoms with Crippen molar-refractivity contribution in [2.45, 2.75) is 44.6 Å². The molecule has 1 rings (SSSR count). The number of likely N-dealkylation sites (N-methyl/N-ethyl adjacent to an activating group) is 1. The molecule has 0 aromatic heterocycles. The van der Waals surface area contributed by atoms with Gasteiger partial charge in [0.25, 0.3) is 6.43 Å². The zero-order chi connectivity index (χ0) is 11.5. The van der Waals surface area contributed by atoms with Crippen LogP contribution in [0.25, 0.3) is 0 Å². The molecule has 1 saturated carbocycles. The summed E-state index contributed by atoms with van der Waals surface area (Å²) in [5, 5.41) is 10.2. The Morgan fingerprint density at radius 1 is 1.40 bits per heavy atom. The molecule has 0 saturated heterocycles. The average Bonchev–Trinajstić information content (AvgIpc) is 2.09. The molecule has 4 heteroatoms. The highest BCUT2D eigenvalue weighted by atomic mass is 19.3. The first kappa shape index (κ1) is 12.8. The van der Waals surface area contributed by atoms with Crippen LogP contribution in [0.4, 0.5) is 8.78 Å². The molecule has 1 fully saturated rings. The van der Waals surface area contributed by atoms with Crippen molar-refractivity contribution in [2.75, 3.05) is 20.1 Å². The summed E-state index contributed by atoms with van der Waals surface area (Å²) in [7, 11) is 1.64. The molecule has 0 aliphatic heterocycles. The van der Waals surface area contributed by atoms with E-state index in [1.165, 1.54) is 4.90 Å². The topological polar surface area (TPSA) is 23.5 Å². The molecule has 1 N–H and O–H groups in total. The molecule has 90 valence electrons. The Kier molecular flexibility index (Phi) is 4.46. The first-order valence-corrected chi connectivity index (χ1v) is 5.60. The monoisotopic (exact) mass is 221 g/mol. The maximum absolute atomic E-state index is 12.1. The molecule has 0 aromatic carbocycles. The van der Waals surface area contributed by atoms with E-state index < -0.39 is 12.0 Å². The third-order valence-corrected chi connectivity index (χ3v) is 3.22. The van der Waals surface area contributed by atoms with Crippen LogP contribution >= 0.6 is 0 Å². The molecule has 0 radical (unpaired) electrons. The molecular formula is C11H21F2NO. The first-order valence-electron chi connectivity index (χ1n) is 5.60. The Hall–Kier alpha value is -0.220. The van der Waals surface area contributed by atoms with Gasteiger partial charge >= 0.3 is 0 Å². The summed E-state index contributed by atoms with van der Waals surface area (Å²) in [6, 6.07) is 0. The van der Waals surface area contributed by atoms with Gasteiger partial charge < -0.3 is 5.11 Å². The lowest BCUT2D eigenvalue weighted by Gasteiger charge is -2.37. The summed E-state index contributed by atoms with van der Waals surface area (Å²) in [5.41, 5.74) is -0.740. The second kappa shape index (κ2) is 5.21. The van der Waals surface area contributed by atoms with Gasteiger partial charge in [-0.1, -0.05) is 6.92 Å². The summed E-state index contributed by atoms with van der Waals surface area (Å²) in [5.74, 6) is 0.658. The number of halogens is 2. The van der Waals surface area contributed by atoms with E-state index in [1.54, 1.807) is 7.05 Å². The van der Waals surface area contributed by atoms with E-state index in [0.717, 1.165) is 25.7 Å². The highest BCUT2D eigenvalue weighted by molar-refractivity contribution is 4.86. The zero-order valence-corrected chi connectivity index (χ0v) is 9.55. The molecule has 0 heterocycles. The second-order valence-corrected chi connectivity index (χ2v) is 4.99. The van der Waals surface area contributed by atoms with Crippen LogP contribution in [-0.2, 0) is 0 Å². The third-order valence-electron chi connectivity index (χ3n) is 3.22. The van der Waals surface area contributed by atoms with Gasteiger partial charge in [-0.3, -0.25) is 4.90 Å². The lowest BCUT2D eigenvalue weighted by molar-refractivity contribution is -0.0386. The van der Waals surface area contributed by atoms with Gasteiger partial charge in [0.1, 0.15) is 0 Å². The van der Waals surface area contributed by atoms with Crippen LogP contribution in [0.1, 0.15) is 32.6 Å². The number of alkyl halides is 2. The molecule has 0 atom stereocenters. The number of hydrogen-bond donors (Lipinski definition) is 1. The SMILES string of the molecule is CC1CCC(O)(CN(C)CC(F)F)CC1. The minimum Gasteiger partial charge on any atom is -0.389 e. The predicted octanol–water partition coefficient (Wildman–Crippen LogP) is 2.12. The van der Waals surface area contributed by atoms with Gasteiger partial charge in [-0.25, -0.2) is 8.78 Å². The molecule has 15 heavy (non-hydrogen) atoms. The van der Waals surface area contributed by atoms with Gasteiger partial charge in [0.15, 0.2) is 0 Å². The molecule has 0 unspecified atom stereocenters. The molecule has 1 aliphatic carbocycles. The van der Waals surface area contributed by atoms with Gasteiger partial charge in [-0.2, -0.15) is 0 Å². The van der Waals surface area contributed by atoms with E-state index in [2.05, 4.69) is 6.92 Å². The normalized spacial score (nSPS) is 32.6. The predicted molar refractivity (Wildman–Crippen MR) is 56.1 cm³/mol. The largest absolute Gasteiger partial charge is 0.389 e. The molecule has 1 aliphatic rings. The van der Waals surface area contributed by atoms with E-state index in [4.69, 9.17) is 0 Å². The smallest absolute Gasteiger partial charge is 0.251 e. The van der Waals surface area contributed by atoms with E-state index >= 15 is 0 Å². The van der Waals surface area contributed by atoms with Gasteiger partial charge in [0.2, 0.25) is 0 Å². The van der Waals surface area contributed by atoms with E-state index in [9.17, 15) is 13.9 Å². The van der Waals surface area contributed by atoms with Crippen LogP contribution in [0.2, 0.25) is 0 Å². The molecular weight excluding hydrogens is 200 g/mol. The summed E-state index contributed by atoms with van der Waals surface area (Å²) in [6.07, 6.45) is 1.16. The summed E-state index contributed by atoms with van der Waals surface area (Å²) < 4.78 is 24.2. The molecule has 0 spiro atoms. The maximum Gasteiger partial charge on any atom is 0.251 e. The van der Waals surface area contributed by atoms with Crippen molar-refractivity contribution in [1.82, 2.24) is 4.90 Å². The Balaban J connectivity index is 2.35. The fourth-order valence-corrected chi connectivity index (χ4v) is 2.26. The average molecular weight is 221 g/mol. The van der Waals surface area contributed by atoms with Crippen molar-refractivity contribution in [3.8, 4) is 0 Å². The Bertz CT molecular complexity index is 191. The fourth-order valence-electron chi connectivity index (χ4n) is 2.26. The Labute approximate surface area is 90.3 Å². The highest BCUT2D eigenvalue weighted by Gasteiger charge is 2.33. The van der Waals surface area contributed by atoms with Crippen LogP contribution in [0.3, 0.4) is 0 Å². The number of aliphatic hydroxyl groups is 1. The van der Waals surface area contributed by atoms with E-state index in [1.807, 2.05) is 0 Å². The van der Waals surface area contributed by atoms with Crippen LogP contribution in [0.5, 0.6) is 0 Å². The Morgan fingerprint density at radius 3 is 2.40 bits per heavy atom. The van der Waals surface area contributed by atoms with Crippen LogP contribution in [0.15, 0.2) is 0 Å². The summed E-state index contributed by atoms with van der Waals surface area (Å²) in [4.78, 5) is 1.53. The van der Waals surface area contributed by atoms with Crippen molar-refractivity contribution in [3.05, 3.63) is 0 Å². The van der Waals surface area contributed by atoms with E-state index in [0.29, 0.717) is 12.5 Å². The van der Waals surface area contributed by atoms with Gasteiger partial charge in [0, 0.05) is 6.54 Å². The number of rotatable bonds is 4. The maximum atomic E-state index is 12.1. The molecule has 0 aromatic rings. The third kappa shape index (κ3) is 4.43. The minimum atomic E-state index is -2.32. The van der Waals surface area contributed by atoms with Crippen molar-refractivity contribution in [2.24, 2.45) is 5.92 Å². The molecule has 2 nitrogen and oxygen atoms in total. The minimum absolute atomic E-state index is 0.252. The van der Waals surface area contributed by atoms with Crippen molar-refractivity contribution in [1.29, 1.82) is 0 Å². The van der Waals surface area contributed by atoms with Crippen LogP contribution in [0, 0.1) is 5.92 Å². The number of nitrogens with zero attached hydrogens (tertiary/aromatic N) is 1. The quantitative estimate of drug-likeness (QED) is 0.786. The summed E-state index contributed by atoms with van der Waals surface area (Å²) >= 11 is 0.